The molecule has 0 bridgehead atoms. The van der Waals surface area contributed by atoms with Gasteiger partial charge < -0.3 is 4.90 Å². The van der Waals surface area contributed by atoms with Crippen molar-refractivity contribution >= 4 is 15.9 Å². The van der Waals surface area contributed by atoms with E-state index in [0.29, 0.717) is 0 Å². The van der Waals surface area contributed by atoms with Crippen LogP contribution in [0.4, 0.5) is 0 Å². The summed E-state index contributed by atoms with van der Waals surface area (Å²) in [6.07, 6.45) is 2.60. The van der Waals surface area contributed by atoms with E-state index in [1.807, 2.05) is 0 Å². The molecule has 2 atom stereocenters. The molecule has 0 spiro atoms. The third-order valence-electron chi connectivity index (χ3n) is 2.74. The number of halogens is 1. The minimum absolute atomic E-state index is 0.780. The zero-order valence-corrected chi connectivity index (χ0v) is 11.1. The summed E-state index contributed by atoms with van der Waals surface area (Å²) in [5.41, 5.74) is 0. The monoisotopic (exact) mass is 249 g/mol. The molecule has 0 aliphatic rings. The lowest BCUT2D eigenvalue weighted by molar-refractivity contribution is 0.186. The highest BCUT2D eigenvalue weighted by molar-refractivity contribution is 9.09. The fourth-order valence-electron chi connectivity index (χ4n) is 1.84. The summed E-state index contributed by atoms with van der Waals surface area (Å²) in [6, 6.07) is 0.780. The lowest BCUT2D eigenvalue weighted by Gasteiger charge is -2.30. The molecule has 0 rings (SSSR count). The van der Waals surface area contributed by atoms with Gasteiger partial charge in [-0.3, -0.25) is 0 Å². The summed E-state index contributed by atoms with van der Waals surface area (Å²) in [7, 11) is 0. The minimum Gasteiger partial charge on any atom is -0.301 e. The number of hydrogen-bond donors (Lipinski definition) is 0. The molecule has 13 heavy (non-hydrogen) atoms. The lowest BCUT2D eigenvalue weighted by Crippen LogP contribution is -2.35. The van der Waals surface area contributed by atoms with E-state index in [0.717, 1.165) is 17.3 Å². The Kier molecular flexibility index (Phi) is 8.07. The summed E-state index contributed by atoms with van der Waals surface area (Å²) in [6.45, 7) is 11.5. The van der Waals surface area contributed by atoms with Gasteiger partial charge in [0.2, 0.25) is 0 Å². The maximum absolute atomic E-state index is 3.55. The first-order valence-corrected chi connectivity index (χ1v) is 6.61. The molecular formula is C11H24BrN. The third-order valence-corrected chi connectivity index (χ3v) is 3.84. The number of nitrogens with zero attached hydrogens (tertiary/aromatic N) is 1. The van der Waals surface area contributed by atoms with Crippen molar-refractivity contribution in [3.63, 3.8) is 0 Å². The van der Waals surface area contributed by atoms with Crippen molar-refractivity contribution in [2.75, 3.05) is 18.4 Å². The van der Waals surface area contributed by atoms with Crippen LogP contribution in [0.5, 0.6) is 0 Å². The molecule has 0 aromatic heterocycles. The Hall–Kier alpha value is 0.440. The molecule has 0 heterocycles. The zero-order chi connectivity index (χ0) is 10.3. The van der Waals surface area contributed by atoms with Gasteiger partial charge in [-0.1, -0.05) is 43.6 Å². The van der Waals surface area contributed by atoms with Crippen LogP contribution in [0.1, 0.15) is 40.5 Å². The molecule has 0 aliphatic carbocycles. The van der Waals surface area contributed by atoms with Gasteiger partial charge in [0, 0.05) is 11.4 Å². The van der Waals surface area contributed by atoms with Gasteiger partial charge in [0.25, 0.3) is 0 Å². The molecule has 0 aromatic rings. The Morgan fingerprint density at radius 2 is 1.69 bits per heavy atom. The van der Waals surface area contributed by atoms with Crippen LogP contribution in [-0.2, 0) is 0 Å². The van der Waals surface area contributed by atoms with Crippen LogP contribution >= 0.6 is 15.9 Å². The molecule has 0 saturated carbocycles. The number of hydrogen-bond acceptors (Lipinski definition) is 1. The standard InChI is InChI=1S/C11H24BrN/c1-5-11(8-10(4)9-12)13(6-2)7-3/h10-11H,5-9H2,1-4H3. The molecule has 2 unspecified atom stereocenters. The van der Waals surface area contributed by atoms with E-state index in [1.54, 1.807) is 0 Å². The Balaban J connectivity index is 3.98. The van der Waals surface area contributed by atoms with Gasteiger partial charge >= 0.3 is 0 Å². The second-order valence-electron chi connectivity index (χ2n) is 3.78. The molecule has 0 radical (unpaired) electrons. The Labute approximate surface area is 92.0 Å². The van der Waals surface area contributed by atoms with E-state index >= 15 is 0 Å². The largest absolute Gasteiger partial charge is 0.301 e. The van der Waals surface area contributed by atoms with Crippen molar-refractivity contribution in [2.45, 2.75) is 46.6 Å². The lowest BCUT2D eigenvalue weighted by atomic mass is 10.0. The van der Waals surface area contributed by atoms with Gasteiger partial charge in [0.1, 0.15) is 0 Å². The Morgan fingerprint density at radius 1 is 1.15 bits per heavy atom. The first kappa shape index (κ1) is 13.4. The van der Waals surface area contributed by atoms with Crippen molar-refractivity contribution in [3.05, 3.63) is 0 Å². The molecule has 1 nitrogen and oxygen atoms in total. The topological polar surface area (TPSA) is 3.24 Å². The van der Waals surface area contributed by atoms with Crippen molar-refractivity contribution < 1.29 is 0 Å². The van der Waals surface area contributed by atoms with Crippen LogP contribution in [0.3, 0.4) is 0 Å². The predicted molar refractivity (Wildman–Crippen MR) is 64.6 cm³/mol. The number of rotatable bonds is 7. The van der Waals surface area contributed by atoms with Crippen LogP contribution < -0.4 is 0 Å². The van der Waals surface area contributed by atoms with Crippen LogP contribution in [0, 0.1) is 5.92 Å². The SMILES string of the molecule is CCC(CC(C)CBr)N(CC)CC. The van der Waals surface area contributed by atoms with Crippen molar-refractivity contribution in [2.24, 2.45) is 5.92 Å². The zero-order valence-electron chi connectivity index (χ0n) is 9.52. The molecular weight excluding hydrogens is 226 g/mol. The van der Waals surface area contributed by atoms with Crippen LogP contribution in [0.25, 0.3) is 0 Å². The average molecular weight is 250 g/mol. The quantitative estimate of drug-likeness (QED) is 0.625. The Bertz CT molecular complexity index is 113. The van der Waals surface area contributed by atoms with Crippen LogP contribution in [0.2, 0.25) is 0 Å². The predicted octanol–water partition coefficient (Wildman–Crippen LogP) is 3.53. The third kappa shape index (κ3) is 5.02. The molecule has 0 fully saturated rings. The summed E-state index contributed by atoms with van der Waals surface area (Å²) in [5.74, 6) is 0.797. The molecule has 0 N–H and O–H groups in total. The summed E-state index contributed by atoms with van der Waals surface area (Å²) in [5, 5.41) is 1.13. The van der Waals surface area contributed by atoms with Crippen molar-refractivity contribution in [1.29, 1.82) is 0 Å². The summed E-state index contributed by atoms with van der Waals surface area (Å²) in [4.78, 5) is 2.57. The van der Waals surface area contributed by atoms with Crippen molar-refractivity contribution in [1.82, 2.24) is 4.90 Å². The first-order valence-electron chi connectivity index (χ1n) is 5.49. The van der Waals surface area contributed by atoms with Gasteiger partial charge in [-0.2, -0.15) is 0 Å². The first-order chi connectivity index (χ1) is 6.19. The molecule has 0 amide bonds. The molecule has 0 aromatic carbocycles. The number of alkyl halides is 1. The summed E-state index contributed by atoms with van der Waals surface area (Å²) >= 11 is 3.55. The highest BCUT2D eigenvalue weighted by atomic mass is 79.9. The molecule has 0 aliphatic heterocycles. The van der Waals surface area contributed by atoms with Crippen LogP contribution in [0.15, 0.2) is 0 Å². The maximum Gasteiger partial charge on any atom is 0.00952 e. The van der Waals surface area contributed by atoms with Gasteiger partial charge in [-0.05, 0) is 31.8 Å². The highest BCUT2D eigenvalue weighted by Crippen LogP contribution is 2.16. The van der Waals surface area contributed by atoms with Crippen LogP contribution in [-0.4, -0.2) is 29.4 Å². The molecule has 80 valence electrons. The second kappa shape index (κ2) is 7.81. The highest BCUT2D eigenvalue weighted by Gasteiger charge is 2.15. The van der Waals surface area contributed by atoms with Gasteiger partial charge in [0.05, 0.1) is 0 Å². The van der Waals surface area contributed by atoms with E-state index in [4.69, 9.17) is 0 Å². The summed E-state index contributed by atoms with van der Waals surface area (Å²) < 4.78 is 0. The van der Waals surface area contributed by atoms with Gasteiger partial charge in [-0.25, -0.2) is 0 Å². The second-order valence-corrected chi connectivity index (χ2v) is 4.43. The maximum atomic E-state index is 3.55. The Morgan fingerprint density at radius 3 is 2.00 bits per heavy atom. The normalized spacial score (nSPS) is 16.2. The smallest absolute Gasteiger partial charge is 0.00952 e. The van der Waals surface area contributed by atoms with E-state index in [2.05, 4.69) is 48.5 Å². The van der Waals surface area contributed by atoms with E-state index in [1.165, 1.54) is 25.9 Å². The van der Waals surface area contributed by atoms with Gasteiger partial charge in [0.15, 0.2) is 0 Å². The minimum atomic E-state index is 0.780. The fourth-order valence-corrected chi connectivity index (χ4v) is 2.11. The average Bonchev–Trinajstić information content (AvgIpc) is 2.17. The van der Waals surface area contributed by atoms with Gasteiger partial charge in [-0.15, -0.1) is 0 Å². The van der Waals surface area contributed by atoms with E-state index < -0.39 is 0 Å². The van der Waals surface area contributed by atoms with E-state index in [9.17, 15) is 0 Å². The van der Waals surface area contributed by atoms with E-state index in [-0.39, 0.29) is 0 Å². The van der Waals surface area contributed by atoms with Crippen molar-refractivity contribution in [3.8, 4) is 0 Å². The molecule has 0 saturated heterocycles. The molecule has 2 heteroatoms. The fraction of sp³-hybridized carbons (Fsp3) is 1.00.